The lowest BCUT2D eigenvalue weighted by molar-refractivity contribution is -0.139. The summed E-state index contributed by atoms with van der Waals surface area (Å²) in [5.41, 5.74) is 4.43. The number of methoxy groups -OCH3 is 1. The molecular weight excluding hydrogens is 222 g/mol. The predicted molar refractivity (Wildman–Crippen MR) is 61.2 cm³/mol. The first kappa shape index (κ1) is 11.5. The van der Waals surface area contributed by atoms with Crippen LogP contribution in [0.3, 0.4) is 0 Å². The molecule has 1 aliphatic heterocycles. The van der Waals surface area contributed by atoms with Crippen molar-refractivity contribution in [1.29, 1.82) is 0 Å². The molecule has 0 bridgehead atoms. The van der Waals surface area contributed by atoms with Gasteiger partial charge in [-0.3, -0.25) is 15.1 Å². The minimum absolute atomic E-state index is 0.0490. The number of hydrogen-bond donors (Lipinski definition) is 2. The second-order valence-corrected chi connectivity index (χ2v) is 3.67. The van der Waals surface area contributed by atoms with E-state index in [4.69, 9.17) is 14.7 Å². The summed E-state index contributed by atoms with van der Waals surface area (Å²) in [5.74, 6) is -0.112. The van der Waals surface area contributed by atoms with Gasteiger partial charge < -0.3 is 9.84 Å². The summed E-state index contributed by atoms with van der Waals surface area (Å²) < 4.78 is 5.06. The fraction of sp³-hybridized carbons (Fsp3) is 0.250. The number of benzene rings is 1. The van der Waals surface area contributed by atoms with E-state index in [0.29, 0.717) is 0 Å². The summed E-state index contributed by atoms with van der Waals surface area (Å²) >= 11 is 0. The number of rotatable bonds is 4. The molecule has 5 heteroatoms. The Kier molecular flexibility index (Phi) is 3.30. The molecule has 1 aliphatic rings. The van der Waals surface area contributed by atoms with Crippen LogP contribution in [0.1, 0.15) is 12.0 Å². The van der Waals surface area contributed by atoms with E-state index < -0.39 is 12.1 Å². The molecule has 2 N–H and O–H groups in total. The van der Waals surface area contributed by atoms with Crippen LogP contribution in [0.2, 0.25) is 0 Å². The van der Waals surface area contributed by atoms with Gasteiger partial charge in [0.25, 0.3) is 0 Å². The lowest BCUT2D eigenvalue weighted by atomic mass is 10.1. The van der Waals surface area contributed by atoms with Crippen LogP contribution < -0.4 is 10.2 Å². The second-order valence-electron chi connectivity index (χ2n) is 3.67. The lowest BCUT2D eigenvalue weighted by Gasteiger charge is -2.05. The maximum Gasteiger partial charge on any atom is 0.306 e. The third-order valence-electron chi connectivity index (χ3n) is 2.45. The summed E-state index contributed by atoms with van der Waals surface area (Å²) in [6.07, 6.45) is 1.28. The molecule has 0 amide bonds. The molecule has 1 aromatic carbocycles. The molecule has 0 radical (unpaired) electrons. The average Bonchev–Trinajstić information content (AvgIpc) is 2.77. The standard InChI is InChI=1S/C12H13NO4/c1-16-9-4-2-8(3-5-9)11-6-10(17-13-11)7-12(14)15/h2-6,10,13H,7H2,1H3,(H,14,15). The molecule has 1 unspecified atom stereocenters. The Morgan fingerprint density at radius 3 is 2.76 bits per heavy atom. The Labute approximate surface area is 98.6 Å². The van der Waals surface area contributed by atoms with Crippen LogP contribution in [0.25, 0.3) is 5.70 Å². The van der Waals surface area contributed by atoms with Crippen LogP contribution in [-0.4, -0.2) is 24.3 Å². The van der Waals surface area contributed by atoms with E-state index in [1.807, 2.05) is 24.3 Å². The first-order chi connectivity index (χ1) is 8.19. The number of nitrogens with one attached hydrogen (secondary N) is 1. The Morgan fingerprint density at radius 1 is 1.47 bits per heavy atom. The van der Waals surface area contributed by atoms with E-state index in [1.165, 1.54) is 0 Å². The van der Waals surface area contributed by atoms with Gasteiger partial charge >= 0.3 is 5.97 Å². The number of carbonyl (C=O) groups is 1. The molecule has 0 aliphatic carbocycles. The van der Waals surface area contributed by atoms with Crippen LogP contribution >= 0.6 is 0 Å². The fourth-order valence-electron chi connectivity index (χ4n) is 1.59. The average molecular weight is 235 g/mol. The summed E-state index contributed by atoms with van der Waals surface area (Å²) in [6, 6.07) is 7.43. The molecule has 1 atom stereocenters. The van der Waals surface area contributed by atoms with E-state index >= 15 is 0 Å². The number of hydrogen-bond acceptors (Lipinski definition) is 4. The molecule has 5 nitrogen and oxygen atoms in total. The van der Waals surface area contributed by atoms with Crippen molar-refractivity contribution in [2.45, 2.75) is 12.5 Å². The summed E-state index contributed by atoms with van der Waals surface area (Å²) in [7, 11) is 1.61. The second kappa shape index (κ2) is 4.88. The molecule has 17 heavy (non-hydrogen) atoms. The smallest absolute Gasteiger partial charge is 0.306 e. The van der Waals surface area contributed by atoms with Gasteiger partial charge in [0, 0.05) is 0 Å². The Hall–Kier alpha value is -2.01. The van der Waals surface area contributed by atoms with Crippen LogP contribution in [0.15, 0.2) is 30.3 Å². The van der Waals surface area contributed by atoms with E-state index in [9.17, 15) is 4.79 Å². The highest BCUT2D eigenvalue weighted by Crippen LogP contribution is 2.22. The van der Waals surface area contributed by atoms with E-state index in [-0.39, 0.29) is 6.42 Å². The van der Waals surface area contributed by atoms with Crippen molar-refractivity contribution < 1.29 is 19.5 Å². The monoisotopic (exact) mass is 235 g/mol. The molecule has 0 saturated heterocycles. The normalized spacial score (nSPS) is 18.4. The Morgan fingerprint density at radius 2 is 2.18 bits per heavy atom. The van der Waals surface area contributed by atoms with Crippen molar-refractivity contribution >= 4 is 11.7 Å². The van der Waals surface area contributed by atoms with Gasteiger partial charge in [0.2, 0.25) is 0 Å². The summed E-state index contributed by atoms with van der Waals surface area (Å²) in [6.45, 7) is 0. The minimum Gasteiger partial charge on any atom is -0.497 e. The minimum atomic E-state index is -0.885. The molecule has 2 rings (SSSR count). The third-order valence-corrected chi connectivity index (χ3v) is 2.45. The van der Waals surface area contributed by atoms with E-state index in [1.54, 1.807) is 13.2 Å². The summed E-state index contributed by atoms with van der Waals surface area (Å²) in [4.78, 5) is 15.7. The van der Waals surface area contributed by atoms with Crippen LogP contribution in [0.4, 0.5) is 0 Å². The zero-order chi connectivity index (χ0) is 12.3. The fourth-order valence-corrected chi connectivity index (χ4v) is 1.59. The number of ether oxygens (including phenoxy) is 1. The molecule has 0 spiro atoms. The molecule has 1 heterocycles. The van der Waals surface area contributed by atoms with Gasteiger partial charge in [0.1, 0.15) is 11.9 Å². The van der Waals surface area contributed by atoms with Crippen LogP contribution in [0, 0.1) is 0 Å². The highest BCUT2D eigenvalue weighted by molar-refractivity contribution is 5.70. The van der Waals surface area contributed by atoms with Gasteiger partial charge in [-0.25, -0.2) is 0 Å². The van der Waals surface area contributed by atoms with Gasteiger partial charge in [-0.15, -0.1) is 0 Å². The lowest BCUT2D eigenvalue weighted by Crippen LogP contribution is -2.15. The predicted octanol–water partition coefficient (Wildman–Crippen LogP) is 1.41. The maximum atomic E-state index is 10.5. The maximum absolute atomic E-state index is 10.5. The number of carboxylic acid groups (broad SMARTS) is 1. The number of carboxylic acids is 1. The first-order valence-electron chi connectivity index (χ1n) is 5.19. The third kappa shape index (κ3) is 2.76. The zero-order valence-corrected chi connectivity index (χ0v) is 9.34. The highest BCUT2D eigenvalue weighted by atomic mass is 16.7. The van der Waals surface area contributed by atoms with Crippen LogP contribution in [-0.2, 0) is 9.63 Å². The van der Waals surface area contributed by atoms with Gasteiger partial charge in [-0.1, -0.05) is 0 Å². The molecule has 0 saturated carbocycles. The Bertz CT molecular complexity index is 438. The SMILES string of the molecule is COc1ccc(C2=CC(CC(=O)O)ON2)cc1. The number of aliphatic carboxylic acids is 1. The van der Waals surface area contributed by atoms with Crippen molar-refractivity contribution in [3.05, 3.63) is 35.9 Å². The van der Waals surface area contributed by atoms with Gasteiger partial charge in [-0.2, -0.15) is 0 Å². The molecular formula is C12H13NO4. The Balaban J connectivity index is 2.09. The zero-order valence-electron chi connectivity index (χ0n) is 9.34. The highest BCUT2D eigenvalue weighted by Gasteiger charge is 2.19. The van der Waals surface area contributed by atoms with Crippen LogP contribution in [0.5, 0.6) is 5.75 Å². The quantitative estimate of drug-likeness (QED) is 0.826. The molecule has 0 aromatic heterocycles. The van der Waals surface area contributed by atoms with Gasteiger partial charge in [0.15, 0.2) is 0 Å². The molecule has 90 valence electrons. The van der Waals surface area contributed by atoms with Crippen molar-refractivity contribution in [3.63, 3.8) is 0 Å². The van der Waals surface area contributed by atoms with Gasteiger partial charge in [0.05, 0.1) is 19.2 Å². The first-order valence-corrected chi connectivity index (χ1v) is 5.19. The summed E-state index contributed by atoms with van der Waals surface area (Å²) in [5, 5.41) is 8.65. The van der Waals surface area contributed by atoms with E-state index in [2.05, 4.69) is 5.48 Å². The van der Waals surface area contributed by atoms with Crippen molar-refractivity contribution in [2.75, 3.05) is 7.11 Å². The van der Waals surface area contributed by atoms with Crippen molar-refractivity contribution in [3.8, 4) is 5.75 Å². The van der Waals surface area contributed by atoms with Gasteiger partial charge in [-0.05, 0) is 35.9 Å². The molecule has 1 aromatic rings. The van der Waals surface area contributed by atoms with E-state index in [0.717, 1.165) is 17.0 Å². The molecule has 0 fully saturated rings. The largest absolute Gasteiger partial charge is 0.497 e. The number of hydroxylamine groups is 1. The topological polar surface area (TPSA) is 67.8 Å². The van der Waals surface area contributed by atoms with Crippen molar-refractivity contribution in [2.24, 2.45) is 0 Å². The van der Waals surface area contributed by atoms with Crippen molar-refractivity contribution in [1.82, 2.24) is 5.48 Å².